The summed E-state index contributed by atoms with van der Waals surface area (Å²) in [6.07, 6.45) is 7.80. The summed E-state index contributed by atoms with van der Waals surface area (Å²) >= 11 is 0. The van der Waals surface area contributed by atoms with Gasteiger partial charge in [-0.15, -0.1) is 0 Å². The largest absolute Gasteiger partial charge is 0.474 e. The highest BCUT2D eigenvalue weighted by Gasteiger charge is 2.27. The Morgan fingerprint density at radius 1 is 1.27 bits per heavy atom. The van der Waals surface area contributed by atoms with Gasteiger partial charge in [-0.2, -0.15) is 10.2 Å². The van der Waals surface area contributed by atoms with Gasteiger partial charge in [0, 0.05) is 36.8 Å². The van der Waals surface area contributed by atoms with E-state index in [1.165, 1.54) is 0 Å². The lowest BCUT2D eigenvalue weighted by Gasteiger charge is -2.32. The molecule has 1 aliphatic heterocycles. The molecule has 3 atom stereocenters. The minimum atomic E-state index is 0.0907. The zero-order valence-electron chi connectivity index (χ0n) is 15.6. The normalized spacial score (nSPS) is 23.7. The van der Waals surface area contributed by atoms with Gasteiger partial charge in [-0.3, -0.25) is 9.78 Å². The smallest absolute Gasteiger partial charge is 0.225 e. The van der Waals surface area contributed by atoms with Crippen LogP contribution in [0.25, 0.3) is 22.2 Å². The van der Waals surface area contributed by atoms with Crippen molar-refractivity contribution < 1.29 is 9.47 Å². The van der Waals surface area contributed by atoms with Crippen molar-refractivity contribution in [1.82, 2.24) is 25.0 Å². The molecular weight excluding hydrogens is 330 g/mol. The fourth-order valence-corrected chi connectivity index (χ4v) is 3.58. The van der Waals surface area contributed by atoms with Crippen molar-refractivity contribution in [3.63, 3.8) is 0 Å². The van der Waals surface area contributed by atoms with Crippen molar-refractivity contribution in [1.29, 1.82) is 0 Å². The number of nitrogens with one attached hydrogen (secondary N) is 1. The van der Waals surface area contributed by atoms with Gasteiger partial charge in [0.05, 0.1) is 29.3 Å². The molecule has 0 saturated carbocycles. The van der Waals surface area contributed by atoms with Crippen LogP contribution in [-0.2, 0) is 4.74 Å². The van der Waals surface area contributed by atoms with Crippen LogP contribution >= 0.6 is 0 Å². The Labute approximate surface area is 152 Å². The first-order chi connectivity index (χ1) is 12.5. The highest BCUT2D eigenvalue weighted by Crippen LogP contribution is 2.34. The van der Waals surface area contributed by atoms with E-state index >= 15 is 0 Å². The zero-order chi connectivity index (χ0) is 18.3. The topological polar surface area (TPSA) is 77.9 Å². The molecule has 0 aliphatic carbocycles. The van der Waals surface area contributed by atoms with E-state index in [1.807, 2.05) is 23.1 Å². The number of nitrogens with zero attached hydrogens (tertiary/aromatic N) is 4. The Hall–Kier alpha value is -2.41. The molecule has 0 amide bonds. The first-order valence-corrected chi connectivity index (χ1v) is 9.21. The van der Waals surface area contributed by atoms with Crippen molar-refractivity contribution in [3.05, 3.63) is 24.7 Å². The number of aromatic amines is 1. The zero-order valence-corrected chi connectivity index (χ0v) is 15.6. The van der Waals surface area contributed by atoms with Crippen LogP contribution in [0.4, 0.5) is 0 Å². The van der Waals surface area contributed by atoms with Crippen LogP contribution in [-0.4, -0.2) is 43.3 Å². The average molecular weight is 355 g/mol. The van der Waals surface area contributed by atoms with Crippen LogP contribution in [0.2, 0.25) is 0 Å². The number of fused-ring (bicyclic) bond motifs is 1. The fourth-order valence-electron chi connectivity index (χ4n) is 3.58. The van der Waals surface area contributed by atoms with E-state index in [9.17, 15) is 0 Å². The predicted molar refractivity (Wildman–Crippen MR) is 99.2 cm³/mol. The van der Waals surface area contributed by atoms with Gasteiger partial charge in [0.1, 0.15) is 11.8 Å². The van der Waals surface area contributed by atoms with Crippen molar-refractivity contribution in [2.24, 2.45) is 0 Å². The molecule has 0 radical (unpaired) electrons. The van der Waals surface area contributed by atoms with Crippen molar-refractivity contribution >= 4 is 10.9 Å². The summed E-state index contributed by atoms with van der Waals surface area (Å²) < 4.78 is 14.0. The van der Waals surface area contributed by atoms with Gasteiger partial charge in [0.15, 0.2) is 0 Å². The number of ether oxygens (including phenoxy) is 2. The lowest BCUT2D eigenvalue weighted by molar-refractivity contribution is -0.0726. The van der Waals surface area contributed by atoms with E-state index in [0.29, 0.717) is 11.9 Å². The Kier molecular flexibility index (Phi) is 4.40. The molecule has 0 bridgehead atoms. The van der Waals surface area contributed by atoms with Crippen LogP contribution in [0.3, 0.4) is 0 Å². The molecular formula is C19H25N5O2. The fraction of sp³-hybridized carbons (Fsp3) is 0.526. The molecule has 26 heavy (non-hydrogen) atoms. The van der Waals surface area contributed by atoms with E-state index in [1.54, 1.807) is 6.20 Å². The Morgan fingerprint density at radius 3 is 2.73 bits per heavy atom. The summed E-state index contributed by atoms with van der Waals surface area (Å²) in [6.45, 7) is 8.37. The van der Waals surface area contributed by atoms with Crippen molar-refractivity contribution in [2.75, 3.05) is 0 Å². The lowest BCUT2D eigenvalue weighted by Crippen LogP contribution is -2.35. The maximum Gasteiger partial charge on any atom is 0.225 e. The molecule has 0 aromatic carbocycles. The summed E-state index contributed by atoms with van der Waals surface area (Å²) in [6, 6.07) is 2.22. The van der Waals surface area contributed by atoms with Crippen molar-refractivity contribution in [2.45, 2.75) is 64.9 Å². The van der Waals surface area contributed by atoms with Gasteiger partial charge in [0.25, 0.3) is 0 Å². The van der Waals surface area contributed by atoms with Gasteiger partial charge in [-0.05, 0) is 33.8 Å². The molecule has 1 saturated heterocycles. The van der Waals surface area contributed by atoms with Gasteiger partial charge in [-0.1, -0.05) is 0 Å². The van der Waals surface area contributed by atoms with E-state index in [2.05, 4.69) is 48.0 Å². The molecule has 1 unspecified atom stereocenters. The molecule has 1 N–H and O–H groups in total. The second-order valence-corrected chi connectivity index (χ2v) is 7.38. The van der Waals surface area contributed by atoms with Crippen LogP contribution in [0.5, 0.6) is 5.88 Å². The van der Waals surface area contributed by atoms with E-state index in [-0.39, 0.29) is 18.3 Å². The number of H-pyrrole nitrogens is 1. The minimum absolute atomic E-state index is 0.0907. The molecule has 3 aromatic heterocycles. The number of hydrogen-bond acceptors (Lipinski definition) is 5. The summed E-state index contributed by atoms with van der Waals surface area (Å²) in [4.78, 5) is 4.50. The average Bonchev–Trinajstić information content (AvgIpc) is 3.21. The van der Waals surface area contributed by atoms with Crippen LogP contribution in [0.1, 0.15) is 46.6 Å². The molecule has 7 heteroatoms. The Morgan fingerprint density at radius 2 is 2.04 bits per heavy atom. The van der Waals surface area contributed by atoms with E-state index in [4.69, 9.17) is 9.47 Å². The standard InChI is InChI=1S/C19H25N5O2/c1-11(2)24-10-14(9-21-24)18-17-16(22-23-18)5-6-20-19(17)26-15-7-12(3)25-13(4)8-15/h5-6,9-13,15H,7-8H2,1-4H3,(H,22,23)/t12-,13+,15?. The number of rotatable bonds is 4. The molecule has 0 spiro atoms. The molecule has 138 valence electrons. The van der Waals surface area contributed by atoms with E-state index < -0.39 is 0 Å². The summed E-state index contributed by atoms with van der Waals surface area (Å²) in [5, 5.41) is 12.9. The molecule has 7 nitrogen and oxygen atoms in total. The quantitative estimate of drug-likeness (QED) is 0.771. The van der Waals surface area contributed by atoms with E-state index in [0.717, 1.165) is 35.0 Å². The third-order valence-corrected chi connectivity index (χ3v) is 4.78. The first kappa shape index (κ1) is 17.0. The van der Waals surface area contributed by atoms with Crippen LogP contribution in [0.15, 0.2) is 24.7 Å². The van der Waals surface area contributed by atoms with Gasteiger partial charge >= 0.3 is 0 Å². The SMILES string of the molecule is CC(C)n1cc(-c2n[nH]c3ccnc(OC4C[C@@H](C)O[C@@H](C)C4)c23)cn1. The first-order valence-electron chi connectivity index (χ1n) is 9.21. The van der Waals surface area contributed by atoms with Gasteiger partial charge in [0.2, 0.25) is 5.88 Å². The Bertz CT molecular complexity index is 890. The Balaban J connectivity index is 1.70. The second-order valence-electron chi connectivity index (χ2n) is 7.38. The van der Waals surface area contributed by atoms with Gasteiger partial charge in [-0.25, -0.2) is 4.98 Å². The summed E-state index contributed by atoms with van der Waals surface area (Å²) in [7, 11) is 0. The highest BCUT2D eigenvalue weighted by molar-refractivity contribution is 5.96. The highest BCUT2D eigenvalue weighted by atomic mass is 16.5. The van der Waals surface area contributed by atoms with Crippen LogP contribution < -0.4 is 4.74 Å². The molecule has 4 rings (SSSR count). The monoisotopic (exact) mass is 355 g/mol. The molecule has 4 heterocycles. The van der Waals surface area contributed by atoms with Gasteiger partial charge < -0.3 is 9.47 Å². The maximum absolute atomic E-state index is 6.31. The van der Waals surface area contributed by atoms with Crippen LogP contribution in [0, 0.1) is 0 Å². The summed E-state index contributed by atoms with van der Waals surface area (Å²) in [5.74, 6) is 0.620. The third-order valence-electron chi connectivity index (χ3n) is 4.78. The second kappa shape index (κ2) is 6.72. The lowest BCUT2D eigenvalue weighted by atomic mass is 10.0. The predicted octanol–water partition coefficient (Wildman–Crippen LogP) is 3.74. The number of hydrogen-bond donors (Lipinski definition) is 1. The summed E-state index contributed by atoms with van der Waals surface area (Å²) in [5.41, 5.74) is 2.69. The molecule has 1 aliphatic rings. The molecule has 3 aromatic rings. The molecule has 1 fully saturated rings. The third kappa shape index (κ3) is 3.19. The minimum Gasteiger partial charge on any atom is -0.474 e. The number of pyridine rings is 1. The van der Waals surface area contributed by atoms with Crippen molar-refractivity contribution in [3.8, 4) is 17.1 Å². The number of aromatic nitrogens is 5. The maximum atomic E-state index is 6.31.